The predicted octanol–water partition coefficient (Wildman–Crippen LogP) is 2.08. The van der Waals surface area contributed by atoms with E-state index in [0.29, 0.717) is 5.54 Å². The second-order valence-electron chi connectivity index (χ2n) is 2.75. The van der Waals surface area contributed by atoms with Crippen LogP contribution < -0.4 is 0 Å². The maximum atomic E-state index is 5.92. The zero-order chi connectivity index (χ0) is 7.68. The summed E-state index contributed by atoms with van der Waals surface area (Å²) < 4.78 is 0. The van der Waals surface area contributed by atoms with E-state index < -0.39 is 8.83 Å². The molecule has 0 N–H and O–H groups in total. The van der Waals surface area contributed by atoms with Crippen molar-refractivity contribution in [3.05, 3.63) is 41.5 Å². The number of hydrogen-bond donors (Lipinski definition) is 0. The quantitative estimate of drug-likeness (QED) is 0.459. The van der Waals surface area contributed by atoms with Gasteiger partial charge in [0.2, 0.25) is 0 Å². The van der Waals surface area contributed by atoms with Crippen molar-refractivity contribution in [1.82, 2.24) is 0 Å². The third kappa shape index (κ3) is 1.15. The maximum Gasteiger partial charge on any atom is 0.136 e. The molecule has 0 amide bonds. The summed E-state index contributed by atoms with van der Waals surface area (Å²) in [7, 11) is -0.433. The molecule has 0 bridgehead atoms. The van der Waals surface area contributed by atoms with Crippen molar-refractivity contribution >= 4 is 26.0 Å². The average molecular weight is 181 g/mol. The van der Waals surface area contributed by atoms with Gasteiger partial charge in [0.15, 0.2) is 0 Å². The first kappa shape index (κ1) is 7.13. The van der Waals surface area contributed by atoms with Crippen LogP contribution in [0.1, 0.15) is 16.7 Å². The van der Waals surface area contributed by atoms with E-state index in [1.165, 1.54) is 11.1 Å². The van der Waals surface area contributed by atoms with Crippen LogP contribution in [-0.4, -0.2) is 8.83 Å². The molecule has 1 aromatic carbocycles. The van der Waals surface area contributed by atoms with E-state index in [2.05, 4.69) is 36.4 Å². The molecule has 1 unspecified atom stereocenters. The van der Waals surface area contributed by atoms with Crippen molar-refractivity contribution in [2.75, 3.05) is 0 Å². The lowest BCUT2D eigenvalue weighted by atomic mass is 10.1. The van der Waals surface area contributed by atoms with Gasteiger partial charge in [-0.15, -0.1) is 0 Å². The summed E-state index contributed by atoms with van der Waals surface area (Å²) in [6.45, 7) is 0. The van der Waals surface area contributed by atoms with Crippen molar-refractivity contribution in [2.24, 2.45) is 0 Å². The van der Waals surface area contributed by atoms with E-state index in [4.69, 9.17) is 11.1 Å². The number of hydrogen-bond acceptors (Lipinski definition) is 0. The summed E-state index contributed by atoms with van der Waals surface area (Å²) in [5, 5.41) is 0. The van der Waals surface area contributed by atoms with Crippen LogP contribution in [0.5, 0.6) is 0 Å². The number of halogens is 1. The molecule has 56 valence electrons. The first-order valence-corrected chi connectivity index (χ1v) is 6.70. The molecular formula is C9H9ClSi. The van der Waals surface area contributed by atoms with Crippen LogP contribution in [0.25, 0.3) is 6.08 Å². The zero-order valence-corrected chi connectivity index (χ0v) is 8.30. The van der Waals surface area contributed by atoms with Gasteiger partial charge in [-0.3, -0.25) is 0 Å². The molecule has 0 saturated heterocycles. The van der Waals surface area contributed by atoms with E-state index in [9.17, 15) is 0 Å². The van der Waals surface area contributed by atoms with Crippen LogP contribution in [0.3, 0.4) is 0 Å². The van der Waals surface area contributed by atoms with Crippen molar-refractivity contribution in [2.45, 2.75) is 5.54 Å². The molecule has 0 heterocycles. The van der Waals surface area contributed by atoms with Gasteiger partial charge in [-0.25, -0.2) is 0 Å². The lowest BCUT2D eigenvalue weighted by Gasteiger charge is -2.04. The predicted molar refractivity (Wildman–Crippen MR) is 52.6 cm³/mol. The van der Waals surface area contributed by atoms with Gasteiger partial charge in [0.25, 0.3) is 0 Å². The normalized spacial score (nSPS) is 21.4. The van der Waals surface area contributed by atoms with Crippen LogP contribution >= 0.6 is 11.1 Å². The summed E-state index contributed by atoms with van der Waals surface area (Å²) in [5.74, 6) is 0. The molecular weight excluding hydrogens is 172 g/mol. The highest BCUT2D eigenvalue weighted by atomic mass is 35.6. The lowest BCUT2D eigenvalue weighted by molar-refractivity contribution is 1.24. The van der Waals surface area contributed by atoms with Crippen LogP contribution in [0.15, 0.2) is 30.3 Å². The Morgan fingerprint density at radius 2 is 2.09 bits per heavy atom. The van der Waals surface area contributed by atoms with Crippen LogP contribution in [0.4, 0.5) is 0 Å². The van der Waals surface area contributed by atoms with Gasteiger partial charge in [0, 0.05) is 5.54 Å². The molecule has 2 rings (SSSR count). The number of allylic oxidation sites excluding steroid dienone is 1. The van der Waals surface area contributed by atoms with E-state index in [0.717, 1.165) is 0 Å². The highest BCUT2D eigenvalue weighted by Crippen LogP contribution is 2.28. The minimum atomic E-state index is -0.433. The van der Waals surface area contributed by atoms with Crippen molar-refractivity contribution in [3.63, 3.8) is 0 Å². The van der Waals surface area contributed by atoms with Gasteiger partial charge in [-0.05, 0) is 11.1 Å². The van der Waals surface area contributed by atoms with E-state index in [1.807, 2.05) is 0 Å². The van der Waals surface area contributed by atoms with Gasteiger partial charge in [0.05, 0.1) is 0 Å². The summed E-state index contributed by atoms with van der Waals surface area (Å²) >= 11 is 5.92. The Bertz CT molecular complexity index is 293. The van der Waals surface area contributed by atoms with Crippen molar-refractivity contribution in [1.29, 1.82) is 0 Å². The molecule has 0 aliphatic heterocycles. The molecule has 0 nitrogen and oxygen atoms in total. The molecule has 0 radical (unpaired) electrons. The van der Waals surface area contributed by atoms with E-state index >= 15 is 0 Å². The standard InChI is InChI=1S/C9H9ClSi/c10-11-9-6-5-7-3-1-2-4-8(7)9/h1-6,9H,11H2. The Balaban J connectivity index is 2.46. The topological polar surface area (TPSA) is 0 Å². The third-order valence-electron chi connectivity index (χ3n) is 2.07. The van der Waals surface area contributed by atoms with Crippen LogP contribution in [0.2, 0.25) is 0 Å². The van der Waals surface area contributed by atoms with Crippen LogP contribution in [0, 0.1) is 0 Å². The molecule has 0 aromatic heterocycles. The first-order chi connectivity index (χ1) is 5.42. The van der Waals surface area contributed by atoms with Gasteiger partial charge in [-0.2, -0.15) is 11.1 Å². The summed E-state index contributed by atoms with van der Waals surface area (Å²) in [5.41, 5.74) is 3.35. The van der Waals surface area contributed by atoms with Gasteiger partial charge in [0.1, 0.15) is 8.83 Å². The maximum absolute atomic E-state index is 5.92. The zero-order valence-electron chi connectivity index (χ0n) is 6.13. The second-order valence-corrected chi connectivity index (χ2v) is 4.86. The fourth-order valence-electron chi connectivity index (χ4n) is 1.46. The minimum absolute atomic E-state index is 0.433. The average Bonchev–Trinajstić information content (AvgIpc) is 2.47. The Hall–Kier alpha value is -0.533. The van der Waals surface area contributed by atoms with E-state index in [-0.39, 0.29) is 0 Å². The molecule has 0 saturated carbocycles. The smallest absolute Gasteiger partial charge is 0.136 e. The van der Waals surface area contributed by atoms with Crippen molar-refractivity contribution in [3.8, 4) is 0 Å². The third-order valence-corrected chi connectivity index (χ3v) is 4.11. The van der Waals surface area contributed by atoms with Crippen molar-refractivity contribution < 1.29 is 0 Å². The first-order valence-electron chi connectivity index (χ1n) is 3.75. The Morgan fingerprint density at radius 3 is 2.91 bits per heavy atom. The number of fused-ring (bicyclic) bond motifs is 1. The second kappa shape index (κ2) is 2.84. The number of benzene rings is 1. The minimum Gasteiger partial charge on any atom is -0.175 e. The summed E-state index contributed by atoms with van der Waals surface area (Å²) in [6.07, 6.45) is 4.40. The molecule has 2 heteroatoms. The van der Waals surface area contributed by atoms with E-state index in [1.54, 1.807) is 0 Å². The highest BCUT2D eigenvalue weighted by molar-refractivity contribution is 6.94. The molecule has 11 heavy (non-hydrogen) atoms. The Labute approximate surface area is 73.4 Å². The molecule has 1 atom stereocenters. The Morgan fingerprint density at radius 1 is 1.27 bits per heavy atom. The fraction of sp³-hybridized carbons (Fsp3) is 0.111. The summed E-state index contributed by atoms with van der Waals surface area (Å²) in [6, 6.07) is 8.48. The molecule has 0 spiro atoms. The Kier molecular flexibility index (Phi) is 1.84. The van der Waals surface area contributed by atoms with Crippen LogP contribution in [-0.2, 0) is 0 Å². The van der Waals surface area contributed by atoms with Gasteiger partial charge in [-0.1, -0.05) is 36.4 Å². The molecule has 1 aliphatic carbocycles. The molecule has 1 aromatic rings. The summed E-state index contributed by atoms with van der Waals surface area (Å²) in [4.78, 5) is 0. The monoisotopic (exact) mass is 180 g/mol. The molecule has 0 fully saturated rings. The fourth-order valence-corrected chi connectivity index (χ4v) is 3.04. The lowest BCUT2D eigenvalue weighted by Crippen LogP contribution is -1.96. The van der Waals surface area contributed by atoms with Gasteiger partial charge >= 0.3 is 0 Å². The number of rotatable bonds is 1. The molecule has 1 aliphatic rings. The largest absolute Gasteiger partial charge is 0.175 e. The van der Waals surface area contributed by atoms with Gasteiger partial charge < -0.3 is 0 Å². The highest BCUT2D eigenvalue weighted by Gasteiger charge is 2.14. The SMILES string of the molecule is Cl[SiH2]C1C=Cc2ccccc21.